The molecule has 0 bridgehead atoms. The Labute approximate surface area is 67.3 Å². The summed E-state index contributed by atoms with van der Waals surface area (Å²) in [6, 6.07) is 0. The van der Waals surface area contributed by atoms with Gasteiger partial charge in [-0.3, -0.25) is 9.59 Å². The molecule has 0 aliphatic carbocycles. The molecule has 2 nitrogen and oxygen atoms in total. The number of allylic oxidation sites excluding steroid dienone is 2. The lowest BCUT2D eigenvalue weighted by Gasteiger charge is -2.10. The predicted octanol–water partition coefficient (Wildman–Crippen LogP) is 1.66. The molecule has 0 aromatic rings. The topological polar surface area (TPSA) is 34.1 Å². The average molecular weight is 153 g/mol. The maximum absolute atomic E-state index is 11.2. The van der Waals surface area contributed by atoms with Crippen molar-refractivity contribution in [1.29, 1.82) is 0 Å². The van der Waals surface area contributed by atoms with Crippen molar-refractivity contribution < 1.29 is 9.59 Å². The van der Waals surface area contributed by atoms with Crippen LogP contribution in [0, 0.1) is 5.41 Å². The second-order valence-corrected chi connectivity index (χ2v) is 3.31. The maximum atomic E-state index is 11.2. The zero-order chi connectivity index (χ0) is 9.07. The molecule has 0 saturated carbocycles. The summed E-state index contributed by atoms with van der Waals surface area (Å²) in [5.74, 6) is -0.187. The lowest BCUT2D eigenvalue weighted by Crippen LogP contribution is -2.23. The van der Waals surface area contributed by atoms with E-state index in [9.17, 15) is 9.59 Å². The molecule has 0 unspecified atom stereocenters. The molecule has 0 aromatic carbocycles. The summed E-state index contributed by atoms with van der Waals surface area (Å²) in [5.41, 5.74) is -0.0876. The first-order chi connectivity index (χ1) is 4.90. The van der Waals surface area contributed by atoms with Gasteiger partial charge in [-0.25, -0.2) is 0 Å². The second kappa shape index (κ2) is 3.46. The zero-order valence-corrected chi connectivity index (χ0v) is 7.39. The summed E-state index contributed by atoms with van der Waals surface area (Å²) in [6.45, 7) is 6.75. The molecule has 0 rings (SSSR count). The van der Waals surface area contributed by atoms with Gasteiger partial charge in [0, 0.05) is 0 Å². The molecule has 1 radical (unpaired) electrons. The Balaban J connectivity index is 4.50. The van der Waals surface area contributed by atoms with Gasteiger partial charge in [0.15, 0.2) is 5.78 Å². The summed E-state index contributed by atoms with van der Waals surface area (Å²) < 4.78 is 0. The quantitative estimate of drug-likeness (QED) is 0.456. The average Bonchev–Trinajstić information content (AvgIpc) is 1.86. The van der Waals surface area contributed by atoms with Gasteiger partial charge >= 0.3 is 0 Å². The fraction of sp³-hybridized carbons (Fsp3) is 0.556. The number of carbonyl (C=O) groups excluding carboxylic acids is 2. The first kappa shape index (κ1) is 10.1. The largest absolute Gasteiger partial charge is 0.294 e. The van der Waals surface area contributed by atoms with Crippen LogP contribution in [0.25, 0.3) is 0 Å². The molecule has 11 heavy (non-hydrogen) atoms. The van der Waals surface area contributed by atoms with Gasteiger partial charge in [-0.15, -0.1) is 0 Å². The van der Waals surface area contributed by atoms with Gasteiger partial charge < -0.3 is 0 Å². The van der Waals surface area contributed by atoms with Crippen LogP contribution in [0.1, 0.15) is 27.7 Å². The molecule has 0 atom stereocenters. The van der Waals surface area contributed by atoms with Crippen molar-refractivity contribution in [3.63, 3.8) is 0 Å². The SMILES string of the molecule is CC(C)=CC(=O)C(C)(C)[C]=O. The summed E-state index contributed by atoms with van der Waals surface area (Å²) in [4.78, 5) is 21.4. The van der Waals surface area contributed by atoms with Crippen LogP contribution in [-0.2, 0) is 9.59 Å². The molecule has 0 amide bonds. The minimum absolute atomic E-state index is 0.187. The number of rotatable bonds is 3. The van der Waals surface area contributed by atoms with Crippen molar-refractivity contribution in [1.82, 2.24) is 0 Å². The summed E-state index contributed by atoms with van der Waals surface area (Å²) in [6.07, 6.45) is 3.17. The van der Waals surface area contributed by atoms with Gasteiger partial charge in [-0.1, -0.05) is 5.57 Å². The van der Waals surface area contributed by atoms with Gasteiger partial charge in [0.2, 0.25) is 6.29 Å². The predicted molar refractivity (Wildman–Crippen MR) is 43.9 cm³/mol. The smallest absolute Gasteiger partial charge is 0.212 e. The van der Waals surface area contributed by atoms with E-state index in [4.69, 9.17) is 0 Å². The van der Waals surface area contributed by atoms with Gasteiger partial charge in [-0.2, -0.15) is 0 Å². The lowest BCUT2D eigenvalue weighted by atomic mass is 9.89. The standard InChI is InChI=1S/C9H13O2/c1-7(2)5-8(11)9(3,4)6-10/h5H,1-4H3. The van der Waals surface area contributed by atoms with Gasteiger partial charge in [0.1, 0.15) is 0 Å². The van der Waals surface area contributed by atoms with E-state index in [1.165, 1.54) is 6.08 Å². The molecule has 0 fully saturated rings. The zero-order valence-electron chi connectivity index (χ0n) is 7.39. The molecular formula is C9H13O2. The summed E-state index contributed by atoms with van der Waals surface area (Å²) in [7, 11) is 0. The van der Waals surface area contributed by atoms with Crippen LogP contribution in [0.5, 0.6) is 0 Å². The van der Waals surface area contributed by atoms with Gasteiger partial charge in [-0.05, 0) is 33.8 Å². The fourth-order valence-electron chi connectivity index (χ4n) is 0.493. The highest BCUT2D eigenvalue weighted by molar-refractivity contribution is 6.04. The molecule has 0 spiro atoms. The normalized spacial score (nSPS) is 10.5. The number of hydrogen-bond donors (Lipinski definition) is 0. The van der Waals surface area contributed by atoms with Crippen molar-refractivity contribution in [2.75, 3.05) is 0 Å². The van der Waals surface area contributed by atoms with Gasteiger partial charge in [0.05, 0.1) is 5.41 Å². The maximum Gasteiger partial charge on any atom is 0.212 e. The third-order valence-electron chi connectivity index (χ3n) is 1.29. The lowest BCUT2D eigenvalue weighted by molar-refractivity contribution is -0.119. The Morgan fingerprint density at radius 1 is 1.36 bits per heavy atom. The van der Waals surface area contributed by atoms with Crippen molar-refractivity contribution in [2.45, 2.75) is 27.7 Å². The molecule has 0 aliphatic heterocycles. The van der Waals surface area contributed by atoms with Crippen LogP contribution in [0.4, 0.5) is 0 Å². The highest BCUT2D eigenvalue weighted by Gasteiger charge is 2.25. The Morgan fingerprint density at radius 3 is 2.09 bits per heavy atom. The third kappa shape index (κ3) is 3.12. The van der Waals surface area contributed by atoms with Crippen LogP contribution in [0.3, 0.4) is 0 Å². The van der Waals surface area contributed by atoms with Gasteiger partial charge in [0.25, 0.3) is 0 Å². The Bertz CT molecular complexity index is 196. The highest BCUT2D eigenvalue weighted by atomic mass is 16.1. The molecule has 0 aliphatic rings. The third-order valence-corrected chi connectivity index (χ3v) is 1.29. The van der Waals surface area contributed by atoms with Crippen LogP contribution >= 0.6 is 0 Å². The van der Waals surface area contributed by atoms with Crippen molar-refractivity contribution in [3.8, 4) is 0 Å². The van der Waals surface area contributed by atoms with E-state index in [0.717, 1.165) is 5.57 Å². The number of ketones is 1. The van der Waals surface area contributed by atoms with Crippen molar-refractivity contribution in [3.05, 3.63) is 11.6 Å². The molecular weight excluding hydrogens is 140 g/mol. The Morgan fingerprint density at radius 2 is 1.82 bits per heavy atom. The number of carbonyl (C=O) groups is 1. The summed E-state index contributed by atoms with van der Waals surface area (Å²) in [5, 5.41) is 0. The van der Waals surface area contributed by atoms with Crippen molar-refractivity contribution in [2.24, 2.45) is 5.41 Å². The molecule has 61 valence electrons. The first-order valence-corrected chi connectivity index (χ1v) is 3.49. The minimum Gasteiger partial charge on any atom is -0.294 e. The van der Waals surface area contributed by atoms with E-state index in [0.29, 0.717) is 0 Å². The van der Waals surface area contributed by atoms with E-state index in [2.05, 4.69) is 0 Å². The summed E-state index contributed by atoms with van der Waals surface area (Å²) >= 11 is 0. The number of hydrogen-bond acceptors (Lipinski definition) is 2. The molecule has 0 saturated heterocycles. The molecule has 0 heterocycles. The molecule has 2 heteroatoms. The monoisotopic (exact) mass is 153 g/mol. The van der Waals surface area contributed by atoms with E-state index in [1.54, 1.807) is 20.1 Å². The van der Waals surface area contributed by atoms with E-state index >= 15 is 0 Å². The first-order valence-electron chi connectivity index (χ1n) is 3.49. The van der Waals surface area contributed by atoms with Crippen molar-refractivity contribution >= 4 is 12.1 Å². The second-order valence-electron chi connectivity index (χ2n) is 3.31. The van der Waals surface area contributed by atoms with Crippen LogP contribution < -0.4 is 0 Å². The van der Waals surface area contributed by atoms with Crippen LogP contribution in [0.2, 0.25) is 0 Å². The fourth-order valence-corrected chi connectivity index (χ4v) is 0.493. The molecule has 0 aromatic heterocycles. The minimum atomic E-state index is -0.989. The van der Waals surface area contributed by atoms with E-state index in [-0.39, 0.29) is 5.78 Å². The molecule has 0 N–H and O–H groups in total. The van der Waals surface area contributed by atoms with Crippen LogP contribution in [-0.4, -0.2) is 12.1 Å². The Kier molecular flexibility index (Phi) is 3.18. The Hall–Kier alpha value is -0.920. The highest BCUT2D eigenvalue weighted by Crippen LogP contribution is 2.13. The van der Waals surface area contributed by atoms with Crippen LogP contribution in [0.15, 0.2) is 11.6 Å². The van der Waals surface area contributed by atoms with E-state index < -0.39 is 5.41 Å². The van der Waals surface area contributed by atoms with E-state index in [1.807, 2.05) is 13.8 Å².